The summed E-state index contributed by atoms with van der Waals surface area (Å²) < 4.78 is 6.05. The summed E-state index contributed by atoms with van der Waals surface area (Å²) in [5.74, 6) is 0. The minimum atomic E-state index is 0.736. The molecule has 6 heteroatoms. The molecule has 0 saturated heterocycles. The van der Waals surface area contributed by atoms with E-state index in [2.05, 4.69) is 31.4 Å². The Morgan fingerprint density at radius 3 is 2.74 bits per heavy atom. The van der Waals surface area contributed by atoms with Gasteiger partial charge in [-0.3, -0.25) is 0 Å². The van der Waals surface area contributed by atoms with Gasteiger partial charge in [0, 0.05) is 36.7 Å². The van der Waals surface area contributed by atoms with Crippen molar-refractivity contribution in [1.29, 1.82) is 0 Å². The number of halogens is 1. The van der Waals surface area contributed by atoms with Crippen molar-refractivity contribution in [2.75, 3.05) is 26.8 Å². The molecule has 4 nitrogen and oxygen atoms in total. The molecule has 1 aromatic carbocycles. The van der Waals surface area contributed by atoms with E-state index in [4.69, 9.17) is 4.74 Å². The first-order chi connectivity index (χ1) is 9.29. The number of ether oxygens (including phenoxy) is 1. The predicted molar refractivity (Wildman–Crippen MR) is 81.5 cm³/mol. The van der Waals surface area contributed by atoms with Gasteiger partial charge in [-0.15, -0.1) is 10.2 Å². The summed E-state index contributed by atoms with van der Waals surface area (Å²) in [5.41, 5.74) is 1.11. The summed E-state index contributed by atoms with van der Waals surface area (Å²) >= 11 is 5.07. The normalized spacial score (nSPS) is 10.8. The van der Waals surface area contributed by atoms with E-state index in [1.54, 1.807) is 18.4 Å². The largest absolute Gasteiger partial charge is 0.383 e. The number of benzene rings is 1. The van der Waals surface area contributed by atoms with Crippen molar-refractivity contribution >= 4 is 27.3 Å². The Kier molecular flexibility index (Phi) is 5.91. The van der Waals surface area contributed by atoms with Crippen LogP contribution >= 0.6 is 27.3 Å². The Morgan fingerprint density at radius 1 is 1.21 bits per heavy atom. The van der Waals surface area contributed by atoms with E-state index in [9.17, 15) is 0 Å². The Hall–Kier alpha value is -0.820. The molecule has 0 aliphatic rings. The summed E-state index contributed by atoms with van der Waals surface area (Å²) in [6, 6.07) is 8.13. The monoisotopic (exact) mass is 341 g/mol. The zero-order valence-corrected chi connectivity index (χ0v) is 13.1. The highest BCUT2D eigenvalue weighted by Crippen LogP contribution is 2.24. The fourth-order valence-electron chi connectivity index (χ4n) is 1.56. The molecule has 0 bridgehead atoms. The van der Waals surface area contributed by atoms with Crippen LogP contribution in [0.25, 0.3) is 10.6 Å². The molecular weight excluding hydrogens is 326 g/mol. The molecule has 1 heterocycles. The molecule has 19 heavy (non-hydrogen) atoms. The highest BCUT2D eigenvalue weighted by molar-refractivity contribution is 9.10. The zero-order chi connectivity index (χ0) is 13.5. The van der Waals surface area contributed by atoms with E-state index in [0.29, 0.717) is 0 Å². The fourth-order valence-corrected chi connectivity index (χ4v) is 2.67. The van der Waals surface area contributed by atoms with E-state index in [0.717, 1.165) is 46.2 Å². The zero-order valence-electron chi connectivity index (χ0n) is 10.7. The summed E-state index contributed by atoms with van der Waals surface area (Å²) in [6.07, 6.45) is 0.901. The molecule has 1 aromatic heterocycles. The van der Waals surface area contributed by atoms with Crippen molar-refractivity contribution in [3.05, 3.63) is 33.7 Å². The Labute approximate surface area is 125 Å². The minimum absolute atomic E-state index is 0.736. The molecule has 0 atom stereocenters. The van der Waals surface area contributed by atoms with Crippen molar-refractivity contribution in [2.24, 2.45) is 0 Å². The van der Waals surface area contributed by atoms with Gasteiger partial charge in [-0.2, -0.15) is 0 Å². The van der Waals surface area contributed by atoms with Gasteiger partial charge in [0.2, 0.25) is 0 Å². The van der Waals surface area contributed by atoms with Gasteiger partial charge < -0.3 is 10.1 Å². The standard InChI is InChI=1S/C13H16BrN3OS/c1-18-9-8-15-7-6-12-16-17-13(19-12)10-2-4-11(14)5-3-10/h2-5,15H,6-9H2,1H3. The van der Waals surface area contributed by atoms with Gasteiger partial charge in [0.15, 0.2) is 0 Å². The van der Waals surface area contributed by atoms with Crippen LogP contribution in [0.3, 0.4) is 0 Å². The maximum absolute atomic E-state index is 4.97. The van der Waals surface area contributed by atoms with Crippen molar-refractivity contribution in [3.63, 3.8) is 0 Å². The number of nitrogens with zero attached hydrogens (tertiary/aromatic N) is 2. The van der Waals surface area contributed by atoms with Crippen LogP contribution in [0.4, 0.5) is 0 Å². The summed E-state index contributed by atoms with van der Waals surface area (Å²) in [4.78, 5) is 0. The summed E-state index contributed by atoms with van der Waals surface area (Å²) in [6.45, 7) is 2.51. The third-order valence-electron chi connectivity index (χ3n) is 2.56. The predicted octanol–water partition coefficient (Wildman–Crippen LogP) is 2.75. The van der Waals surface area contributed by atoms with E-state index < -0.39 is 0 Å². The molecule has 0 aliphatic carbocycles. The van der Waals surface area contributed by atoms with Gasteiger partial charge >= 0.3 is 0 Å². The van der Waals surface area contributed by atoms with Gasteiger partial charge in [0.05, 0.1) is 6.61 Å². The molecule has 0 aliphatic heterocycles. The maximum atomic E-state index is 4.97. The first kappa shape index (κ1) is 14.6. The minimum Gasteiger partial charge on any atom is -0.383 e. The van der Waals surface area contributed by atoms with Crippen LogP contribution in [-0.2, 0) is 11.2 Å². The molecule has 2 aromatic rings. The first-order valence-electron chi connectivity index (χ1n) is 6.07. The SMILES string of the molecule is COCCNCCc1nnc(-c2ccc(Br)cc2)s1. The second-order valence-electron chi connectivity index (χ2n) is 4.00. The molecule has 0 spiro atoms. The molecule has 102 valence electrons. The topological polar surface area (TPSA) is 47.0 Å². The van der Waals surface area contributed by atoms with Gasteiger partial charge in [-0.05, 0) is 12.1 Å². The summed E-state index contributed by atoms with van der Waals surface area (Å²) in [7, 11) is 1.71. The van der Waals surface area contributed by atoms with Gasteiger partial charge in [-0.1, -0.05) is 39.4 Å². The maximum Gasteiger partial charge on any atom is 0.147 e. The van der Waals surface area contributed by atoms with Crippen LogP contribution in [0.2, 0.25) is 0 Å². The lowest BCUT2D eigenvalue weighted by Crippen LogP contribution is -2.21. The van der Waals surface area contributed by atoms with Crippen LogP contribution in [0.15, 0.2) is 28.7 Å². The van der Waals surface area contributed by atoms with Crippen LogP contribution in [-0.4, -0.2) is 37.0 Å². The number of aromatic nitrogens is 2. The lowest BCUT2D eigenvalue weighted by Gasteiger charge is -2.00. The second kappa shape index (κ2) is 7.69. The number of hydrogen-bond acceptors (Lipinski definition) is 5. The smallest absolute Gasteiger partial charge is 0.147 e. The van der Waals surface area contributed by atoms with Gasteiger partial charge in [-0.25, -0.2) is 0 Å². The second-order valence-corrected chi connectivity index (χ2v) is 5.98. The fraction of sp³-hybridized carbons (Fsp3) is 0.385. The number of rotatable bonds is 7. The van der Waals surface area contributed by atoms with Crippen molar-refractivity contribution < 1.29 is 4.74 Å². The molecule has 0 unspecified atom stereocenters. The van der Waals surface area contributed by atoms with E-state index in [1.165, 1.54) is 0 Å². The van der Waals surface area contributed by atoms with E-state index in [-0.39, 0.29) is 0 Å². The van der Waals surface area contributed by atoms with E-state index in [1.807, 2.05) is 24.3 Å². The lowest BCUT2D eigenvalue weighted by atomic mass is 10.2. The van der Waals surface area contributed by atoms with Crippen LogP contribution in [0, 0.1) is 0 Å². The number of nitrogens with one attached hydrogen (secondary N) is 1. The number of methoxy groups -OCH3 is 1. The molecule has 0 fully saturated rings. The average Bonchev–Trinajstić information content (AvgIpc) is 2.88. The Bertz CT molecular complexity index is 501. The lowest BCUT2D eigenvalue weighted by molar-refractivity contribution is 0.199. The third kappa shape index (κ3) is 4.65. The molecule has 0 saturated carbocycles. The molecule has 0 radical (unpaired) electrons. The first-order valence-corrected chi connectivity index (χ1v) is 7.68. The molecule has 2 rings (SSSR count). The average molecular weight is 342 g/mol. The van der Waals surface area contributed by atoms with Crippen LogP contribution in [0.1, 0.15) is 5.01 Å². The third-order valence-corrected chi connectivity index (χ3v) is 4.12. The van der Waals surface area contributed by atoms with Crippen LogP contribution < -0.4 is 5.32 Å². The highest BCUT2D eigenvalue weighted by atomic mass is 79.9. The molecule has 1 N–H and O–H groups in total. The Morgan fingerprint density at radius 2 is 2.00 bits per heavy atom. The van der Waals surface area contributed by atoms with Crippen molar-refractivity contribution in [1.82, 2.24) is 15.5 Å². The quantitative estimate of drug-likeness (QED) is 0.786. The number of hydrogen-bond donors (Lipinski definition) is 1. The Balaban J connectivity index is 1.86. The van der Waals surface area contributed by atoms with Crippen molar-refractivity contribution in [2.45, 2.75) is 6.42 Å². The van der Waals surface area contributed by atoms with Crippen molar-refractivity contribution in [3.8, 4) is 10.6 Å². The van der Waals surface area contributed by atoms with Crippen LogP contribution in [0.5, 0.6) is 0 Å². The van der Waals surface area contributed by atoms with Gasteiger partial charge in [0.1, 0.15) is 10.0 Å². The summed E-state index contributed by atoms with van der Waals surface area (Å²) in [5, 5.41) is 13.8. The highest BCUT2D eigenvalue weighted by Gasteiger charge is 2.06. The van der Waals surface area contributed by atoms with E-state index >= 15 is 0 Å². The van der Waals surface area contributed by atoms with Gasteiger partial charge in [0.25, 0.3) is 0 Å². The molecular formula is C13H16BrN3OS. The molecule has 0 amide bonds.